The lowest BCUT2D eigenvalue weighted by Crippen LogP contribution is -2.15. The van der Waals surface area contributed by atoms with Crippen LogP contribution in [0.25, 0.3) is 0 Å². The zero-order valence-electron chi connectivity index (χ0n) is 24.9. The van der Waals surface area contributed by atoms with Crippen LogP contribution < -0.4 is 14.2 Å². The lowest BCUT2D eigenvalue weighted by atomic mass is 9.78. The number of halogens is 1. The maximum atomic E-state index is 14.5. The van der Waals surface area contributed by atoms with E-state index in [9.17, 15) is 9.18 Å². The fraction of sp³-hybridized carbons (Fsp3) is 0.629. The molecular formula is C35H51FO4. The summed E-state index contributed by atoms with van der Waals surface area (Å²) in [6.07, 6.45) is 20.2. The molecule has 3 rings (SSSR count). The molecule has 40 heavy (non-hydrogen) atoms. The summed E-state index contributed by atoms with van der Waals surface area (Å²) in [5.41, 5.74) is 0.153. The van der Waals surface area contributed by atoms with E-state index in [1.165, 1.54) is 95.6 Å². The van der Waals surface area contributed by atoms with Gasteiger partial charge in [0.2, 0.25) is 0 Å². The Kier molecular flexibility index (Phi) is 15.0. The Morgan fingerprint density at radius 3 is 1.95 bits per heavy atom. The summed E-state index contributed by atoms with van der Waals surface area (Å²) in [6.45, 7) is 5.64. The molecule has 5 heteroatoms. The molecule has 0 radical (unpaired) electrons. The molecular weight excluding hydrogens is 503 g/mol. The van der Waals surface area contributed by atoms with Crippen LogP contribution in [0.5, 0.6) is 17.2 Å². The second-order valence-electron chi connectivity index (χ2n) is 11.5. The van der Waals surface area contributed by atoms with Gasteiger partial charge in [-0.2, -0.15) is 0 Å². The lowest BCUT2D eigenvalue weighted by molar-refractivity contribution is 0.0734. The Morgan fingerprint density at radius 1 is 0.700 bits per heavy atom. The Balaban J connectivity index is 1.31. The highest BCUT2D eigenvalue weighted by Gasteiger charge is 2.20. The summed E-state index contributed by atoms with van der Waals surface area (Å²) in [5.74, 6) is 1.98. The van der Waals surface area contributed by atoms with Gasteiger partial charge in [0.05, 0.1) is 18.8 Å². The largest absolute Gasteiger partial charge is 0.494 e. The van der Waals surface area contributed by atoms with E-state index < -0.39 is 11.8 Å². The smallest absolute Gasteiger partial charge is 0.343 e. The zero-order valence-corrected chi connectivity index (χ0v) is 24.9. The first-order chi connectivity index (χ1) is 19.6. The van der Waals surface area contributed by atoms with Crippen molar-refractivity contribution in [3.8, 4) is 17.2 Å². The molecule has 2 aromatic carbocycles. The first kappa shape index (κ1) is 32.0. The van der Waals surface area contributed by atoms with Crippen molar-refractivity contribution in [2.75, 3.05) is 13.2 Å². The van der Waals surface area contributed by atoms with Crippen LogP contribution in [0.4, 0.5) is 4.39 Å². The lowest BCUT2D eigenvalue weighted by Gasteiger charge is -2.28. The van der Waals surface area contributed by atoms with E-state index in [1.54, 1.807) is 18.2 Å². The van der Waals surface area contributed by atoms with E-state index >= 15 is 0 Å². The molecule has 1 aliphatic rings. The van der Waals surface area contributed by atoms with Crippen molar-refractivity contribution in [3.63, 3.8) is 0 Å². The van der Waals surface area contributed by atoms with E-state index in [1.807, 2.05) is 12.1 Å². The molecule has 1 saturated carbocycles. The van der Waals surface area contributed by atoms with Gasteiger partial charge in [-0.1, -0.05) is 97.3 Å². The first-order valence-electron chi connectivity index (χ1n) is 16.0. The van der Waals surface area contributed by atoms with Crippen LogP contribution in [0.1, 0.15) is 127 Å². The molecule has 2 aromatic rings. The molecule has 0 spiro atoms. The molecule has 0 N–H and O–H groups in total. The van der Waals surface area contributed by atoms with Gasteiger partial charge in [-0.15, -0.1) is 0 Å². The van der Waals surface area contributed by atoms with Crippen LogP contribution in [-0.2, 0) is 0 Å². The van der Waals surface area contributed by atoms with E-state index in [2.05, 4.69) is 13.8 Å². The molecule has 0 aliphatic heterocycles. The SMILES string of the molecule is CCCCCCCCOc1ccc(C(=O)Oc2ccc(OCCC[C@H]3CC[C@H](CCCCC)CC3)cc2)cc1F. The number of hydrogen-bond donors (Lipinski definition) is 0. The van der Waals surface area contributed by atoms with Crippen LogP contribution in [0, 0.1) is 17.7 Å². The van der Waals surface area contributed by atoms with Crippen molar-refractivity contribution in [2.24, 2.45) is 11.8 Å². The molecule has 0 unspecified atom stereocenters. The molecule has 0 atom stereocenters. The normalized spacial score (nSPS) is 17.0. The van der Waals surface area contributed by atoms with Crippen LogP contribution in [-0.4, -0.2) is 19.2 Å². The number of esters is 1. The Hall–Kier alpha value is -2.56. The minimum atomic E-state index is -0.602. The topological polar surface area (TPSA) is 44.8 Å². The third kappa shape index (κ3) is 11.9. The first-order valence-corrected chi connectivity index (χ1v) is 16.0. The van der Waals surface area contributed by atoms with Gasteiger partial charge in [0.15, 0.2) is 11.6 Å². The van der Waals surface area contributed by atoms with Gasteiger partial charge in [-0.3, -0.25) is 0 Å². The number of ether oxygens (including phenoxy) is 3. The van der Waals surface area contributed by atoms with Gasteiger partial charge in [-0.25, -0.2) is 9.18 Å². The van der Waals surface area contributed by atoms with Gasteiger partial charge in [0.25, 0.3) is 0 Å². The molecule has 4 nitrogen and oxygen atoms in total. The number of hydrogen-bond acceptors (Lipinski definition) is 4. The average molecular weight is 555 g/mol. The van der Waals surface area contributed by atoms with Gasteiger partial charge in [0.1, 0.15) is 11.5 Å². The van der Waals surface area contributed by atoms with Crippen molar-refractivity contribution in [3.05, 3.63) is 53.8 Å². The highest BCUT2D eigenvalue weighted by atomic mass is 19.1. The molecule has 1 aliphatic carbocycles. The van der Waals surface area contributed by atoms with Crippen LogP contribution in [0.15, 0.2) is 42.5 Å². The summed E-state index contributed by atoms with van der Waals surface area (Å²) in [4.78, 5) is 12.5. The summed E-state index contributed by atoms with van der Waals surface area (Å²) >= 11 is 0. The maximum absolute atomic E-state index is 14.5. The average Bonchev–Trinajstić information content (AvgIpc) is 2.97. The molecule has 222 valence electrons. The fourth-order valence-corrected chi connectivity index (χ4v) is 5.63. The second-order valence-corrected chi connectivity index (χ2v) is 11.5. The predicted octanol–water partition coefficient (Wildman–Crippen LogP) is 10.3. The molecule has 0 amide bonds. The highest BCUT2D eigenvalue weighted by Crippen LogP contribution is 2.34. The van der Waals surface area contributed by atoms with Crippen LogP contribution in [0.3, 0.4) is 0 Å². The van der Waals surface area contributed by atoms with Crippen LogP contribution >= 0.6 is 0 Å². The predicted molar refractivity (Wildman–Crippen MR) is 161 cm³/mol. The molecule has 0 saturated heterocycles. The fourth-order valence-electron chi connectivity index (χ4n) is 5.63. The molecule has 0 heterocycles. The van der Waals surface area contributed by atoms with Gasteiger partial charge < -0.3 is 14.2 Å². The molecule has 1 fully saturated rings. The summed E-state index contributed by atoms with van der Waals surface area (Å²) in [7, 11) is 0. The monoisotopic (exact) mass is 554 g/mol. The number of benzene rings is 2. The quantitative estimate of drug-likeness (QED) is 0.0984. The Labute approximate surface area is 242 Å². The van der Waals surface area contributed by atoms with Gasteiger partial charge in [0, 0.05) is 0 Å². The Morgan fingerprint density at radius 2 is 1.27 bits per heavy atom. The molecule has 0 aromatic heterocycles. The third-order valence-corrected chi connectivity index (χ3v) is 8.17. The van der Waals surface area contributed by atoms with E-state index in [0.717, 1.165) is 36.8 Å². The van der Waals surface area contributed by atoms with Gasteiger partial charge >= 0.3 is 5.97 Å². The van der Waals surface area contributed by atoms with E-state index in [-0.39, 0.29) is 11.3 Å². The second kappa shape index (κ2) is 18.7. The minimum Gasteiger partial charge on any atom is -0.494 e. The maximum Gasteiger partial charge on any atom is 0.343 e. The third-order valence-electron chi connectivity index (χ3n) is 8.17. The van der Waals surface area contributed by atoms with Crippen LogP contribution in [0.2, 0.25) is 0 Å². The zero-order chi connectivity index (χ0) is 28.4. The highest BCUT2D eigenvalue weighted by molar-refractivity contribution is 5.91. The van der Waals surface area contributed by atoms with E-state index in [0.29, 0.717) is 19.0 Å². The number of rotatable bonds is 19. The van der Waals surface area contributed by atoms with Crippen molar-refractivity contribution in [1.29, 1.82) is 0 Å². The van der Waals surface area contributed by atoms with Crippen molar-refractivity contribution in [2.45, 2.75) is 117 Å². The van der Waals surface area contributed by atoms with Crippen molar-refractivity contribution < 1.29 is 23.4 Å². The van der Waals surface area contributed by atoms with Crippen molar-refractivity contribution >= 4 is 5.97 Å². The van der Waals surface area contributed by atoms with Crippen molar-refractivity contribution in [1.82, 2.24) is 0 Å². The number of carbonyl (C=O) groups is 1. The number of unbranched alkanes of at least 4 members (excludes halogenated alkanes) is 7. The standard InChI is InChI=1S/C35H51FO4/c1-3-5-7-8-9-11-25-39-34-24-19-30(27-33(34)36)35(37)40-32-22-20-31(21-23-32)38-26-12-14-29-17-15-28(16-18-29)13-10-6-4-2/h19-24,27-29H,3-18,25-26H2,1-2H3/t28-,29-. The summed E-state index contributed by atoms with van der Waals surface area (Å²) < 4.78 is 31.4. The van der Waals surface area contributed by atoms with Gasteiger partial charge in [-0.05, 0) is 73.6 Å². The molecule has 0 bridgehead atoms. The Bertz CT molecular complexity index is 966. The summed E-state index contributed by atoms with van der Waals surface area (Å²) in [6, 6.07) is 11.3. The summed E-state index contributed by atoms with van der Waals surface area (Å²) in [5, 5.41) is 0. The van der Waals surface area contributed by atoms with E-state index in [4.69, 9.17) is 14.2 Å². The number of carbonyl (C=O) groups excluding carboxylic acids is 1. The minimum absolute atomic E-state index is 0.153.